The molecule has 0 radical (unpaired) electrons. The van der Waals surface area contributed by atoms with Gasteiger partial charge in [0.05, 0.1) is 18.9 Å². The van der Waals surface area contributed by atoms with Gasteiger partial charge in [0.25, 0.3) is 0 Å². The number of ether oxygens (including phenoxy) is 1. The quantitative estimate of drug-likeness (QED) is 0.740. The Balaban J connectivity index is 1.99. The summed E-state index contributed by atoms with van der Waals surface area (Å²) in [6.07, 6.45) is 3.50. The third kappa shape index (κ3) is 3.00. The van der Waals surface area contributed by atoms with Crippen LogP contribution in [-0.2, 0) is 0 Å². The maximum Gasteiger partial charge on any atom is 0.238 e. The predicted molar refractivity (Wildman–Crippen MR) is 67.1 cm³/mol. The SMILES string of the molecule is COc1nc(NC2CCC(O)CC2)ccc1N. The van der Waals surface area contributed by atoms with Crippen LogP contribution in [0.25, 0.3) is 0 Å². The molecule has 1 fully saturated rings. The molecule has 1 aromatic heterocycles. The van der Waals surface area contributed by atoms with Crippen LogP contribution in [0.1, 0.15) is 25.7 Å². The Kier molecular flexibility index (Phi) is 3.68. The lowest BCUT2D eigenvalue weighted by atomic mass is 9.93. The van der Waals surface area contributed by atoms with E-state index in [1.807, 2.05) is 6.07 Å². The molecule has 5 nitrogen and oxygen atoms in total. The molecule has 0 aromatic carbocycles. The number of hydrogen-bond donors (Lipinski definition) is 3. The Hall–Kier alpha value is -1.49. The summed E-state index contributed by atoms with van der Waals surface area (Å²) < 4.78 is 5.08. The van der Waals surface area contributed by atoms with Gasteiger partial charge in [-0.2, -0.15) is 4.98 Å². The molecule has 5 heteroatoms. The number of nitrogen functional groups attached to an aromatic ring is 1. The summed E-state index contributed by atoms with van der Waals surface area (Å²) in [7, 11) is 1.55. The van der Waals surface area contributed by atoms with E-state index in [1.54, 1.807) is 13.2 Å². The van der Waals surface area contributed by atoms with Crippen LogP contribution in [0.4, 0.5) is 11.5 Å². The third-order valence-electron chi connectivity index (χ3n) is 3.13. The number of anilines is 2. The van der Waals surface area contributed by atoms with Gasteiger partial charge in [-0.05, 0) is 37.8 Å². The fourth-order valence-corrected chi connectivity index (χ4v) is 2.12. The van der Waals surface area contributed by atoms with Crippen LogP contribution >= 0.6 is 0 Å². The first-order chi connectivity index (χ1) is 8.19. The zero-order valence-electron chi connectivity index (χ0n) is 10.0. The van der Waals surface area contributed by atoms with Crippen molar-refractivity contribution in [3.63, 3.8) is 0 Å². The molecule has 0 spiro atoms. The molecule has 0 aliphatic heterocycles. The first kappa shape index (κ1) is 12.0. The molecule has 0 amide bonds. The first-order valence-electron chi connectivity index (χ1n) is 5.94. The third-order valence-corrected chi connectivity index (χ3v) is 3.13. The van der Waals surface area contributed by atoms with Crippen LogP contribution in [0.2, 0.25) is 0 Å². The molecule has 0 atom stereocenters. The zero-order chi connectivity index (χ0) is 12.3. The van der Waals surface area contributed by atoms with Crippen molar-refractivity contribution >= 4 is 11.5 Å². The number of nitrogens with zero attached hydrogens (tertiary/aromatic N) is 1. The summed E-state index contributed by atoms with van der Waals surface area (Å²) in [6.45, 7) is 0. The van der Waals surface area contributed by atoms with E-state index in [4.69, 9.17) is 10.5 Å². The molecule has 0 bridgehead atoms. The molecular formula is C12H19N3O2. The van der Waals surface area contributed by atoms with Crippen molar-refractivity contribution in [2.45, 2.75) is 37.8 Å². The van der Waals surface area contributed by atoms with Gasteiger partial charge in [0.2, 0.25) is 5.88 Å². The second-order valence-corrected chi connectivity index (χ2v) is 4.44. The maximum absolute atomic E-state index is 9.43. The summed E-state index contributed by atoms with van der Waals surface area (Å²) in [5.74, 6) is 1.23. The van der Waals surface area contributed by atoms with Gasteiger partial charge in [-0.3, -0.25) is 0 Å². The number of pyridine rings is 1. The van der Waals surface area contributed by atoms with Gasteiger partial charge in [-0.1, -0.05) is 0 Å². The Labute approximate surface area is 101 Å². The van der Waals surface area contributed by atoms with Crippen molar-refractivity contribution in [1.82, 2.24) is 4.98 Å². The molecule has 1 aliphatic rings. The van der Waals surface area contributed by atoms with E-state index in [0.717, 1.165) is 31.5 Å². The minimum atomic E-state index is -0.137. The van der Waals surface area contributed by atoms with Crippen molar-refractivity contribution in [2.24, 2.45) is 0 Å². The molecule has 1 aliphatic carbocycles. The van der Waals surface area contributed by atoms with Gasteiger partial charge in [0.15, 0.2) is 0 Å². The lowest BCUT2D eigenvalue weighted by molar-refractivity contribution is 0.126. The van der Waals surface area contributed by atoms with E-state index in [-0.39, 0.29) is 6.10 Å². The Bertz CT molecular complexity index is 376. The van der Waals surface area contributed by atoms with Crippen molar-refractivity contribution in [3.8, 4) is 5.88 Å². The molecule has 94 valence electrons. The van der Waals surface area contributed by atoms with Crippen molar-refractivity contribution in [1.29, 1.82) is 0 Å². The van der Waals surface area contributed by atoms with Crippen molar-refractivity contribution in [2.75, 3.05) is 18.2 Å². The average Bonchev–Trinajstić information content (AvgIpc) is 2.34. The van der Waals surface area contributed by atoms with Gasteiger partial charge >= 0.3 is 0 Å². The summed E-state index contributed by atoms with van der Waals surface area (Å²) >= 11 is 0. The topological polar surface area (TPSA) is 80.4 Å². The minimum absolute atomic E-state index is 0.137. The Morgan fingerprint density at radius 1 is 1.35 bits per heavy atom. The van der Waals surface area contributed by atoms with Crippen LogP contribution in [0, 0.1) is 0 Å². The summed E-state index contributed by atoms with van der Waals surface area (Å²) in [4.78, 5) is 4.28. The number of nitrogens with one attached hydrogen (secondary N) is 1. The fourth-order valence-electron chi connectivity index (χ4n) is 2.12. The smallest absolute Gasteiger partial charge is 0.238 e. The minimum Gasteiger partial charge on any atom is -0.479 e. The van der Waals surface area contributed by atoms with E-state index in [0.29, 0.717) is 17.6 Å². The van der Waals surface area contributed by atoms with Gasteiger partial charge < -0.3 is 20.9 Å². The van der Waals surface area contributed by atoms with Crippen molar-refractivity contribution < 1.29 is 9.84 Å². The molecular weight excluding hydrogens is 218 g/mol. The lowest BCUT2D eigenvalue weighted by Gasteiger charge is -2.26. The molecule has 0 unspecified atom stereocenters. The van der Waals surface area contributed by atoms with Gasteiger partial charge in [0.1, 0.15) is 5.82 Å². The number of aliphatic hydroxyl groups is 1. The van der Waals surface area contributed by atoms with Crippen LogP contribution in [-0.4, -0.2) is 29.3 Å². The van der Waals surface area contributed by atoms with E-state index in [9.17, 15) is 5.11 Å². The van der Waals surface area contributed by atoms with E-state index >= 15 is 0 Å². The second-order valence-electron chi connectivity index (χ2n) is 4.44. The monoisotopic (exact) mass is 237 g/mol. The summed E-state index contributed by atoms with van der Waals surface area (Å²) in [5, 5.41) is 12.8. The van der Waals surface area contributed by atoms with Crippen LogP contribution in [0.5, 0.6) is 5.88 Å². The molecule has 0 saturated heterocycles. The van der Waals surface area contributed by atoms with Gasteiger partial charge in [0, 0.05) is 6.04 Å². The number of methoxy groups -OCH3 is 1. The fraction of sp³-hybridized carbons (Fsp3) is 0.583. The number of aliphatic hydroxyl groups excluding tert-OH is 1. The standard InChI is InChI=1S/C12H19N3O2/c1-17-12-10(13)6-7-11(15-12)14-8-2-4-9(16)5-3-8/h6-9,16H,2-5,13H2,1H3,(H,14,15). The van der Waals surface area contributed by atoms with Crippen LogP contribution in [0.15, 0.2) is 12.1 Å². The van der Waals surface area contributed by atoms with E-state index in [1.165, 1.54) is 0 Å². The highest BCUT2D eigenvalue weighted by atomic mass is 16.5. The lowest BCUT2D eigenvalue weighted by Crippen LogP contribution is -2.28. The summed E-state index contributed by atoms with van der Waals surface area (Å²) in [6, 6.07) is 4.01. The van der Waals surface area contributed by atoms with E-state index in [2.05, 4.69) is 10.3 Å². The number of rotatable bonds is 3. The van der Waals surface area contributed by atoms with E-state index < -0.39 is 0 Å². The first-order valence-corrected chi connectivity index (χ1v) is 5.94. The second kappa shape index (κ2) is 5.23. The highest BCUT2D eigenvalue weighted by Gasteiger charge is 2.19. The van der Waals surface area contributed by atoms with Crippen LogP contribution in [0.3, 0.4) is 0 Å². The molecule has 17 heavy (non-hydrogen) atoms. The summed E-state index contributed by atoms with van der Waals surface area (Å²) in [5.41, 5.74) is 6.24. The average molecular weight is 237 g/mol. The maximum atomic E-state index is 9.43. The zero-order valence-corrected chi connectivity index (χ0v) is 10.0. The van der Waals surface area contributed by atoms with Crippen molar-refractivity contribution in [3.05, 3.63) is 12.1 Å². The molecule has 1 saturated carbocycles. The molecule has 1 heterocycles. The van der Waals surface area contributed by atoms with Gasteiger partial charge in [-0.25, -0.2) is 0 Å². The Morgan fingerprint density at radius 2 is 2.06 bits per heavy atom. The molecule has 4 N–H and O–H groups in total. The number of hydrogen-bond acceptors (Lipinski definition) is 5. The Morgan fingerprint density at radius 3 is 2.71 bits per heavy atom. The highest BCUT2D eigenvalue weighted by Crippen LogP contribution is 2.24. The molecule has 2 rings (SSSR count). The highest BCUT2D eigenvalue weighted by molar-refractivity contribution is 5.53. The number of nitrogens with two attached hydrogens (primary N) is 1. The van der Waals surface area contributed by atoms with Gasteiger partial charge in [-0.15, -0.1) is 0 Å². The number of aromatic nitrogens is 1. The largest absolute Gasteiger partial charge is 0.479 e. The predicted octanol–water partition coefficient (Wildman–Crippen LogP) is 1.39. The normalized spacial score (nSPS) is 24.4. The molecule has 1 aromatic rings. The van der Waals surface area contributed by atoms with Crippen LogP contribution < -0.4 is 15.8 Å².